The van der Waals surface area contributed by atoms with E-state index in [4.69, 9.17) is 19.9 Å². The highest BCUT2D eigenvalue weighted by molar-refractivity contribution is 5.28. The first-order valence-electron chi connectivity index (χ1n) is 12.2. The van der Waals surface area contributed by atoms with Gasteiger partial charge in [0.15, 0.2) is 0 Å². The summed E-state index contributed by atoms with van der Waals surface area (Å²) < 4.78 is 19.0. The number of hydrogen-bond acceptors (Lipinski definition) is 6. The van der Waals surface area contributed by atoms with Crippen molar-refractivity contribution in [2.24, 2.45) is 17.4 Å². The van der Waals surface area contributed by atoms with Gasteiger partial charge in [-0.3, -0.25) is 11.7 Å². The minimum atomic E-state index is -1.09. The highest BCUT2D eigenvalue weighted by atomic mass is 16.9. The summed E-state index contributed by atoms with van der Waals surface area (Å²) in [6.45, 7) is 10.5. The molecule has 0 fully saturated rings. The van der Waals surface area contributed by atoms with Crippen LogP contribution in [0.5, 0.6) is 0 Å². The molecule has 0 amide bonds. The number of unbranched alkanes of at least 4 members (excludes halogenated alkanes) is 5. The number of nitrogens with two attached hydrogens (primary N) is 3. The minimum Gasteiger partial charge on any atom is -0.330 e. The third-order valence-corrected chi connectivity index (χ3v) is 5.68. The summed E-state index contributed by atoms with van der Waals surface area (Å²) in [7, 11) is 0. The Bertz CT molecular complexity index is 499. The van der Waals surface area contributed by atoms with Crippen molar-refractivity contribution in [2.75, 3.05) is 26.4 Å². The predicted molar refractivity (Wildman–Crippen MR) is 130 cm³/mol. The molecule has 0 heterocycles. The zero-order chi connectivity index (χ0) is 23.4. The molecule has 0 saturated carbocycles. The maximum atomic E-state index is 6.34. The Labute approximate surface area is 191 Å². The van der Waals surface area contributed by atoms with E-state index in [1.807, 2.05) is 20.8 Å². The zero-order valence-electron chi connectivity index (χ0n) is 20.5. The van der Waals surface area contributed by atoms with Gasteiger partial charge in [0.1, 0.15) is 0 Å². The molecule has 0 radical (unpaired) electrons. The van der Waals surface area contributed by atoms with Crippen LogP contribution in [-0.4, -0.2) is 32.3 Å². The van der Waals surface area contributed by atoms with Gasteiger partial charge in [0.25, 0.3) is 5.97 Å². The molecule has 6 nitrogen and oxygen atoms in total. The van der Waals surface area contributed by atoms with Crippen LogP contribution < -0.4 is 17.4 Å². The molecule has 0 aliphatic heterocycles. The summed E-state index contributed by atoms with van der Waals surface area (Å²) in [5.41, 5.74) is 6.80. The summed E-state index contributed by atoms with van der Waals surface area (Å²) in [5, 5.41) is 0. The standard InChI is InChI=1S/C25H45NO3.H4N2/c1-5-9-10-11-12-16-20-24(21-17-22-26,23-18-14-13-15-19-23)25(27-6-2,28-7-3)29-8-4;1-2/h13-15,18-19H,5-12,16-17,20-22,26H2,1-4H3;1-2H2. The molecule has 31 heavy (non-hydrogen) atoms. The Kier molecular flexibility index (Phi) is 17.9. The fourth-order valence-corrected chi connectivity index (χ4v) is 4.37. The van der Waals surface area contributed by atoms with Crippen LogP contribution in [0.15, 0.2) is 30.3 Å². The third-order valence-electron chi connectivity index (χ3n) is 5.68. The van der Waals surface area contributed by atoms with E-state index in [2.05, 4.69) is 48.9 Å². The van der Waals surface area contributed by atoms with Gasteiger partial charge in [-0.15, -0.1) is 0 Å². The summed E-state index contributed by atoms with van der Waals surface area (Å²) >= 11 is 0. The highest BCUT2D eigenvalue weighted by Crippen LogP contribution is 2.47. The Morgan fingerprint density at radius 3 is 1.65 bits per heavy atom. The van der Waals surface area contributed by atoms with Crippen LogP contribution in [0, 0.1) is 0 Å². The normalized spacial score (nSPS) is 13.4. The maximum absolute atomic E-state index is 6.34. The molecule has 6 heteroatoms. The van der Waals surface area contributed by atoms with Gasteiger partial charge in [0.2, 0.25) is 0 Å². The van der Waals surface area contributed by atoms with Crippen molar-refractivity contribution in [2.45, 2.75) is 96.9 Å². The van der Waals surface area contributed by atoms with Crippen molar-refractivity contribution in [1.29, 1.82) is 0 Å². The molecule has 0 saturated heterocycles. The first-order chi connectivity index (χ1) is 15.2. The fourth-order valence-electron chi connectivity index (χ4n) is 4.37. The molecular weight excluding hydrogens is 390 g/mol. The van der Waals surface area contributed by atoms with Crippen molar-refractivity contribution < 1.29 is 14.2 Å². The summed E-state index contributed by atoms with van der Waals surface area (Å²) in [5.74, 6) is 6.91. The van der Waals surface area contributed by atoms with E-state index in [1.165, 1.54) is 37.7 Å². The Hall–Kier alpha value is -1.02. The van der Waals surface area contributed by atoms with Gasteiger partial charge >= 0.3 is 0 Å². The summed E-state index contributed by atoms with van der Waals surface area (Å²) in [4.78, 5) is 0. The van der Waals surface area contributed by atoms with Crippen LogP contribution in [0.25, 0.3) is 0 Å². The van der Waals surface area contributed by atoms with Gasteiger partial charge in [-0.2, -0.15) is 0 Å². The summed E-state index contributed by atoms with van der Waals surface area (Å²) in [6, 6.07) is 10.6. The minimum absolute atomic E-state index is 0.388. The molecule has 1 aromatic rings. The van der Waals surface area contributed by atoms with Crippen molar-refractivity contribution in [3.05, 3.63) is 35.9 Å². The van der Waals surface area contributed by atoms with Crippen LogP contribution in [0.1, 0.15) is 91.0 Å². The molecule has 0 bridgehead atoms. The highest BCUT2D eigenvalue weighted by Gasteiger charge is 2.55. The SMILES string of the molecule is CCCCCCCCC(CCCN)(c1ccccc1)C(OCC)(OCC)OCC.NN. The number of rotatable bonds is 18. The molecule has 0 aliphatic rings. The molecule has 1 unspecified atom stereocenters. The second kappa shape index (κ2) is 18.5. The van der Waals surface area contributed by atoms with Crippen LogP contribution in [0.2, 0.25) is 0 Å². The van der Waals surface area contributed by atoms with Gasteiger partial charge in [-0.25, -0.2) is 0 Å². The second-order valence-electron chi connectivity index (χ2n) is 7.71. The molecule has 1 atom stereocenters. The number of hydrazine groups is 1. The van der Waals surface area contributed by atoms with Crippen LogP contribution >= 0.6 is 0 Å². The topological polar surface area (TPSA) is 106 Å². The van der Waals surface area contributed by atoms with E-state index in [1.54, 1.807) is 0 Å². The average molecular weight is 440 g/mol. The second-order valence-corrected chi connectivity index (χ2v) is 7.71. The van der Waals surface area contributed by atoms with E-state index in [0.29, 0.717) is 26.4 Å². The predicted octanol–water partition coefficient (Wildman–Crippen LogP) is 5.00. The first-order valence-corrected chi connectivity index (χ1v) is 12.2. The zero-order valence-corrected chi connectivity index (χ0v) is 20.5. The first kappa shape index (κ1) is 30.0. The van der Waals surface area contributed by atoms with E-state index in [9.17, 15) is 0 Å². The molecule has 1 aromatic carbocycles. The number of ether oxygens (including phenoxy) is 3. The molecule has 0 spiro atoms. The van der Waals surface area contributed by atoms with Crippen molar-refractivity contribution in [3.8, 4) is 0 Å². The summed E-state index contributed by atoms with van der Waals surface area (Å²) in [6.07, 6.45) is 10.3. The number of hydrogen-bond donors (Lipinski definition) is 3. The lowest BCUT2D eigenvalue weighted by Gasteiger charge is -2.49. The molecule has 182 valence electrons. The third kappa shape index (κ3) is 9.16. The van der Waals surface area contributed by atoms with Gasteiger partial charge in [-0.1, -0.05) is 75.8 Å². The van der Waals surface area contributed by atoms with Crippen molar-refractivity contribution >= 4 is 0 Å². The molecular formula is C25H49N3O3. The largest absolute Gasteiger partial charge is 0.330 e. The average Bonchev–Trinajstić information content (AvgIpc) is 2.80. The van der Waals surface area contributed by atoms with Crippen LogP contribution in [0.4, 0.5) is 0 Å². The van der Waals surface area contributed by atoms with Gasteiger partial charge in [0.05, 0.1) is 5.41 Å². The van der Waals surface area contributed by atoms with E-state index in [0.717, 1.165) is 25.7 Å². The van der Waals surface area contributed by atoms with Crippen molar-refractivity contribution in [1.82, 2.24) is 0 Å². The van der Waals surface area contributed by atoms with Gasteiger partial charge in [-0.05, 0) is 52.1 Å². The maximum Gasteiger partial charge on any atom is 0.293 e. The smallest absolute Gasteiger partial charge is 0.293 e. The Morgan fingerprint density at radius 2 is 1.16 bits per heavy atom. The number of benzene rings is 1. The fraction of sp³-hybridized carbons (Fsp3) is 0.760. The van der Waals surface area contributed by atoms with Crippen molar-refractivity contribution in [3.63, 3.8) is 0 Å². The van der Waals surface area contributed by atoms with Crippen LogP contribution in [0.3, 0.4) is 0 Å². The Morgan fingerprint density at radius 1 is 0.677 bits per heavy atom. The lowest BCUT2D eigenvalue weighted by atomic mass is 9.70. The van der Waals surface area contributed by atoms with E-state index in [-0.39, 0.29) is 5.41 Å². The molecule has 0 aromatic heterocycles. The molecule has 6 N–H and O–H groups in total. The van der Waals surface area contributed by atoms with E-state index < -0.39 is 5.97 Å². The molecule has 0 aliphatic carbocycles. The van der Waals surface area contributed by atoms with Gasteiger partial charge in [0, 0.05) is 19.8 Å². The lowest BCUT2D eigenvalue weighted by molar-refractivity contribution is -0.412. The lowest BCUT2D eigenvalue weighted by Crippen LogP contribution is -2.58. The van der Waals surface area contributed by atoms with Crippen LogP contribution in [-0.2, 0) is 19.6 Å². The Balaban J connectivity index is 0.00000436. The molecule has 1 rings (SSSR count). The monoisotopic (exact) mass is 439 g/mol. The quantitative estimate of drug-likeness (QED) is 0.129. The van der Waals surface area contributed by atoms with E-state index >= 15 is 0 Å². The van der Waals surface area contributed by atoms with Gasteiger partial charge < -0.3 is 19.9 Å².